The van der Waals surface area contributed by atoms with Crippen molar-refractivity contribution in [2.45, 2.75) is 62.9 Å². The number of ether oxygens (including phenoxy) is 3. The third kappa shape index (κ3) is 5.32. The Morgan fingerprint density at radius 2 is 1.41 bits per heavy atom. The maximum Gasteiger partial charge on any atom is 0.410 e. The number of piperidine rings is 2. The van der Waals surface area contributed by atoms with Gasteiger partial charge in [0.05, 0.1) is 7.11 Å². The standard InChI is InChI=1S/C26H30N2O6/c1-32-23(29)26(27-24(30)33-17-19-9-4-2-5-10-19)15-21-13-8-14-22(16-26)28(21)25(31)34-18-20-11-6-3-7-12-20/h2-7,9-12,21-22H,8,13-18H2,1H3,(H,27,30). The molecule has 0 radical (unpaired) electrons. The molecule has 2 atom stereocenters. The minimum absolute atomic E-state index is 0.0920. The monoisotopic (exact) mass is 466 g/mol. The number of benzene rings is 2. The van der Waals surface area contributed by atoms with Gasteiger partial charge in [-0.25, -0.2) is 14.4 Å². The van der Waals surface area contributed by atoms with Crippen molar-refractivity contribution in [2.24, 2.45) is 0 Å². The van der Waals surface area contributed by atoms with E-state index in [1.807, 2.05) is 60.7 Å². The van der Waals surface area contributed by atoms with E-state index in [0.717, 1.165) is 30.4 Å². The highest BCUT2D eigenvalue weighted by molar-refractivity contribution is 5.86. The summed E-state index contributed by atoms with van der Waals surface area (Å²) >= 11 is 0. The van der Waals surface area contributed by atoms with Crippen molar-refractivity contribution < 1.29 is 28.6 Å². The molecule has 2 aliphatic rings. The molecule has 2 fully saturated rings. The molecule has 34 heavy (non-hydrogen) atoms. The number of nitrogens with one attached hydrogen (secondary N) is 1. The molecule has 8 heteroatoms. The third-order valence-corrected chi connectivity index (χ3v) is 6.58. The Morgan fingerprint density at radius 1 is 0.882 bits per heavy atom. The summed E-state index contributed by atoms with van der Waals surface area (Å²) in [5.41, 5.74) is 0.497. The maximum absolute atomic E-state index is 13.0. The molecule has 2 saturated heterocycles. The predicted octanol–water partition coefficient (Wildman–Crippen LogP) is 4.18. The highest BCUT2D eigenvalue weighted by atomic mass is 16.6. The third-order valence-electron chi connectivity index (χ3n) is 6.58. The molecule has 2 bridgehead atoms. The molecule has 1 N–H and O–H groups in total. The number of nitrogens with zero attached hydrogens (tertiary/aromatic N) is 1. The fraction of sp³-hybridized carbons (Fsp3) is 0.423. The molecule has 0 saturated carbocycles. The molecule has 4 rings (SSSR count). The number of hydrogen-bond acceptors (Lipinski definition) is 6. The first-order valence-corrected chi connectivity index (χ1v) is 11.6. The van der Waals surface area contributed by atoms with Crippen LogP contribution in [0.4, 0.5) is 9.59 Å². The molecule has 0 aromatic heterocycles. The molecule has 0 aliphatic carbocycles. The van der Waals surface area contributed by atoms with Crippen molar-refractivity contribution in [3.63, 3.8) is 0 Å². The SMILES string of the molecule is COC(=O)C1(NC(=O)OCc2ccccc2)CC2CCCC(C1)N2C(=O)OCc1ccccc1. The highest BCUT2D eigenvalue weighted by Gasteiger charge is 2.54. The first-order valence-electron chi connectivity index (χ1n) is 11.6. The smallest absolute Gasteiger partial charge is 0.410 e. The van der Waals surface area contributed by atoms with Crippen molar-refractivity contribution in [1.82, 2.24) is 10.2 Å². The van der Waals surface area contributed by atoms with Crippen LogP contribution in [0, 0.1) is 0 Å². The van der Waals surface area contributed by atoms with E-state index in [1.54, 1.807) is 4.90 Å². The Morgan fingerprint density at radius 3 is 1.94 bits per heavy atom. The van der Waals surface area contributed by atoms with Gasteiger partial charge in [-0.3, -0.25) is 0 Å². The van der Waals surface area contributed by atoms with Crippen molar-refractivity contribution in [1.29, 1.82) is 0 Å². The number of hydrogen-bond donors (Lipinski definition) is 1. The van der Waals surface area contributed by atoms with E-state index in [1.165, 1.54) is 7.11 Å². The van der Waals surface area contributed by atoms with Gasteiger partial charge < -0.3 is 24.4 Å². The number of carbonyl (C=O) groups is 3. The topological polar surface area (TPSA) is 94.2 Å². The van der Waals surface area contributed by atoms with Gasteiger partial charge in [0.15, 0.2) is 0 Å². The lowest BCUT2D eigenvalue weighted by molar-refractivity contribution is -0.153. The van der Waals surface area contributed by atoms with Crippen LogP contribution >= 0.6 is 0 Å². The van der Waals surface area contributed by atoms with E-state index in [0.29, 0.717) is 0 Å². The van der Waals surface area contributed by atoms with Gasteiger partial charge in [0, 0.05) is 24.9 Å². The summed E-state index contributed by atoms with van der Waals surface area (Å²) in [5.74, 6) is -0.529. The number of amides is 2. The molecule has 2 unspecified atom stereocenters. The van der Waals surface area contributed by atoms with Crippen LogP contribution in [0.15, 0.2) is 60.7 Å². The van der Waals surface area contributed by atoms with Crippen LogP contribution < -0.4 is 5.32 Å². The van der Waals surface area contributed by atoms with Crippen LogP contribution in [0.5, 0.6) is 0 Å². The van der Waals surface area contributed by atoms with Crippen LogP contribution in [-0.2, 0) is 32.2 Å². The van der Waals surface area contributed by atoms with Crippen LogP contribution in [0.2, 0.25) is 0 Å². The molecule has 180 valence electrons. The number of rotatable bonds is 6. The fourth-order valence-electron chi connectivity index (χ4n) is 5.02. The van der Waals surface area contributed by atoms with Gasteiger partial charge in [0.25, 0.3) is 0 Å². The van der Waals surface area contributed by atoms with Crippen molar-refractivity contribution in [3.05, 3.63) is 71.8 Å². The molecule has 2 heterocycles. The largest absolute Gasteiger partial charge is 0.467 e. The van der Waals surface area contributed by atoms with Crippen LogP contribution in [0.1, 0.15) is 43.2 Å². The Labute approximate surface area is 199 Å². The summed E-state index contributed by atoms with van der Waals surface area (Å²) in [4.78, 5) is 40.3. The summed E-state index contributed by atoms with van der Waals surface area (Å²) in [7, 11) is 1.30. The molecule has 2 aliphatic heterocycles. The minimum atomic E-state index is -1.26. The molecular formula is C26H30N2O6. The van der Waals surface area contributed by atoms with Crippen LogP contribution in [-0.4, -0.2) is 47.8 Å². The normalized spacial score (nSPS) is 23.5. The van der Waals surface area contributed by atoms with Gasteiger partial charge in [-0.05, 0) is 30.4 Å². The molecule has 8 nitrogen and oxygen atoms in total. The van der Waals surface area contributed by atoms with Crippen molar-refractivity contribution in [3.8, 4) is 0 Å². The zero-order valence-electron chi connectivity index (χ0n) is 19.3. The van der Waals surface area contributed by atoms with E-state index >= 15 is 0 Å². The van der Waals surface area contributed by atoms with Gasteiger partial charge in [-0.2, -0.15) is 0 Å². The predicted molar refractivity (Wildman–Crippen MR) is 124 cm³/mol. The van der Waals surface area contributed by atoms with Gasteiger partial charge in [0.2, 0.25) is 0 Å². The Bertz CT molecular complexity index is 983. The number of carbonyl (C=O) groups excluding carboxylic acids is 3. The lowest BCUT2D eigenvalue weighted by Gasteiger charge is -2.51. The Balaban J connectivity index is 1.44. The first kappa shape index (κ1) is 23.6. The Hall–Kier alpha value is -3.55. The van der Waals surface area contributed by atoms with Crippen LogP contribution in [0.25, 0.3) is 0 Å². The number of methoxy groups -OCH3 is 1. The van der Waals surface area contributed by atoms with Gasteiger partial charge in [-0.1, -0.05) is 60.7 Å². The maximum atomic E-state index is 13.0. The molecule has 0 spiro atoms. The van der Waals surface area contributed by atoms with Gasteiger partial charge in [0.1, 0.15) is 18.8 Å². The van der Waals surface area contributed by atoms with E-state index < -0.39 is 23.7 Å². The van der Waals surface area contributed by atoms with Gasteiger partial charge >= 0.3 is 18.2 Å². The summed E-state index contributed by atoms with van der Waals surface area (Å²) in [5, 5.41) is 2.78. The number of alkyl carbamates (subject to hydrolysis) is 1. The molecule has 2 aromatic carbocycles. The second-order valence-electron chi connectivity index (χ2n) is 8.85. The zero-order chi connectivity index (χ0) is 24.0. The highest BCUT2D eigenvalue weighted by Crippen LogP contribution is 2.40. The van der Waals surface area contributed by atoms with E-state index in [2.05, 4.69) is 5.32 Å². The molecule has 2 amide bonds. The average Bonchev–Trinajstić information content (AvgIpc) is 2.86. The first-order chi connectivity index (χ1) is 16.5. The fourth-order valence-corrected chi connectivity index (χ4v) is 5.02. The summed E-state index contributed by atoms with van der Waals surface area (Å²) in [6, 6.07) is 18.3. The van der Waals surface area contributed by atoms with Gasteiger partial charge in [-0.15, -0.1) is 0 Å². The lowest BCUT2D eigenvalue weighted by atomic mass is 9.73. The van der Waals surface area contributed by atoms with E-state index in [-0.39, 0.29) is 38.1 Å². The average molecular weight is 467 g/mol. The summed E-state index contributed by atoms with van der Waals surface area (Å²) < 4.78 is 16.0. The number of esters is 1. The summed E-state index contributed by atoms with van der Waals surface area (Å²) in [6.07, 6.45) is 1.78. The summed E-state index contributed by atoms with van der Waals surface area (Å²) in [6.45, 7) is 0.274. The lowest BCUT2D eigenvalue weighted by Crippen LogP contribution is -2.67. The second-order valence-corrected chi connectivity index (χ2v) is 8.85. The number of fused-ring (bicyclic) bond motifs is 2. The van der Waals surface area contributed by atoms with Crippen molar-refractivity contribution >= 4 is 18.2 Å². The van der Waals surface area contributed by atoms with Crippen molar-refractivity contribution in [2.75, 3.05) is 7.11 Å². The Kier molecular flexibility index (Phi) is 7.35. The van der Waals surface area contributed by atoms with E-state index in [4.69, 9.17) is 14.2 Å². The zero-order valence-corrected chi connectivity index (χ0v) is 19.3. The van der Waals surface area contributed by atoms with E-state index in [9.17, 15) is 14.4 Å². The minimum Gasteiger partial charge on any atom is -0.467 e. The molecule has 2 aromatic rings. The molecular weight excluding hydrogens is 436 g/mol. The second kappa shape index (κ2) is 10.6. The van der Waals surface area contributed by atoms with Crippen LogP contribution in [0.3, 0.4) is 0 Å². The quantitative estimate of drug-likeness (QED) is 0.507.